The van der Waals surface area contributed by atoms with Crippen LogP contribution in [0.1, 0.15) is 6.92 Å². The zero-order chi connectivity index (χ0) is 6.20. The topological polar surface area (TPSA) is 0 Å². The van der Waals surface area contributed by atoms with E-state index in [0.717, 1.165) is 0 Å². The van der Waals surface area contributed by atoms with Gasteiger partial charge in [0.2, 0.25) is 0 Å². The lowest BCUT2D eigenvalue weighted by Gasteiger charge is -2.17. The molecule has 0 N–H and O–H groups in total. The highest BCUT2D eigenvalue weighted by atomic mass is 79.9. The first-order valence-electron chi connectivity index (χ1n) is 2.20. The molecular formula is C5H6Br2S. The van der Waals surface area contributed by atoms with E-state index in [4.69, 9.17) is 0 Å². The Bertz CT molecular complexity index is 158. The second kappa shape index (κ2) is 2.20. The summed E-state index contributed by atoms with van der Waals surface area (Å²) in [6, 6.07) is 0. The third-order valence-electron chi connectivity index (χ3n) is 1.01. The van der Waals surface area contributed by atoms with E-state index in [1.54, 1.807) is 0 Å². The molecular weight excluding hydrogens is 252 g/mol. The Balaban J connectivity index is 2.87. The van der Waals surface area contributed by atoms with Crippen LogP contribution in [-0.4, -0.2) is 0 Å². The van der Waals surface area contributed by atoms with Crippen molar-refractivity contribution in [1.29, 1.82) is 0 Å². The lowest BCUT2D eigenvalue weighted by atomic mass is 10.5. The van der Waals surface area contributed by atoms with Crippen molar-refractivity contribution in [3.8, 4) is 0 Å². The van der Waals surface area contributed by atoms with E-state index in [0.29, 0.717) is 0 Å². The summed E-state index contributed by atoms with van der Waals surface area (Å²) in [6.07, 6.45) is 4.17. The quantitative estimate of drug-likeness (QED) is 0.619. The van der Waals surface area contributed by atoms with Crippen LogP contribution in [0.5, 0.6) is 0 Å². The molecule has 0 saturated carbocycles. The highest BCUT2D eigenvalue weighted by molar-refractivity contribution is 9.92. The van der Waals surface area contributed by atoms with Crippen LogP contribution in [0.3, 0.4) is 0 Å². The van der Waals surface area contributed by atoms with Crippen molar-refractivity contribution in [3.63, 3.8) is 0 Å². The van der Waals surface area contributed by atoms with Crippen LogP contribution < -0.4 is 0 Å². The number of allylic oxidation sites excluding steroid dienone is 3. The van der Waals surface area contributed by atoms with Crippen LogP contribution in [-0.2, 0) is 0 Å². The summed E-state index contributed by atoms with van der Waals surface area (Å²) < 4.78 is 0. The largest absolute Gasteiger partial charge is 0.0806 e. The Morgan fingerprint density at radius 3 is 2.25 bits per heavy atom. The molecule has 1 heterocycles. The van der Waals surface area contributed by atoms with Crippen molar-refractivity contribution in [3.05, 3.63) is 22.5 Å². The maximum atomic E-state index is 3.55. The fourth-order valence-electron chi connectivity index (χ4n) is 0.472. The molecule has 8 heavy (non-hydrogen) atoms. The van der Waals surface area contributed by atoms with Crippen LogP contribution in [0.4, 0.5) is 0 Å². The molecule has 0 aromatic heterocycles. The smallest absolute Gasteiger partial charge is 0.0125 e. The lowest BCUT2D eigenvalue weighted by molar-refractivity contribution is 1.70. The van der Waals surface area contributed by atoms with Crippen molar-refractivity contribution in [2.45, 2.75) is 6.92 Å². The van der Waals surface area contributed by atoms with Crippen LogP contribution in [0.25, 0.3) is 0 Å². The van der Waals surface area contributed by atoms with E-state index < -0.39 is 6.89 Å². The molecule has 0 atom stereocenters. The van der Waals surface area contributed by atoms with Crippen molar-refractivity contribution >= 4 is 36.5 Å². The molecule has 0 nitrogen and oxygen atoms in total. The maximum absolute atomic E-state index is 3.55. The van der Waals surface area contributed by atoms with Gasteiger partial charge < -0.3 is 0 Å². The molecule has 1 aliphatic rings. The van der Waals surface area contributed by atoms with Gasteiger partial charge in [0.15, 0.2) is 0 Å². The van der Waals surface area contributed by atoms with E-state index in [2.05, 4.69) is 54.1 Å². The molecule has 1 aliphatic heterocycles. The number of rotatable bonds is 0. The van der Waals surface area contributed by atoms with E-state index in [1.807, 2.05) is 0 Å². The van der Waals surface area contributed by atoms with Gasteiger partial charge in [-0.15, -0.1) is 0 Å². The highest BCUT2D eigenvalue weighted by Gasteiger charge is 2.17. The van der Waals surface area contributed by atoms with Crippen molar-refractivity contribution < 1.29 is 0 Å². The summed E-state index contributed by atoms with van der Waals surface area (Å²) in [7, 11) is 0. The van der Waals surface area contributed by atoms with Gasteiger partial charge in [-0.3, -0.25) is 0 Å². The maximum Gasteiger partial charge on any atom is -0.0125 e. The number of hydrogen-bond donors (Lipinski definition) is 0. The first kappa shape index (κ1) is 6.90. The van der Waals surface area contributed by atoms with Crippen LogP contribution in [0.2, 0.25) is 0 Å². The second-order valence-electron chi connectivity index (χ2n) is 1.61. The third kappa shape index (κ3) is 1.20. The van der Waals surface area contributed by atoms with Gasteiger partial charge in [-0.05, 0) is 46.9 Å². The Morgan fingerprint density at radius 1 is 1.50 bits per heavy atom. The summed E-state index contributed by atoms with van der Waals surface area (Å²) >= 11 is 7.11. The summed E-state index contributed by atoms with van der Waals surface area (Å²) in [6.45, 7) is 1.29. The number of halogens is 2. The van der Waals surface area contributed by atoms with Gasteiger partial charge in [0.05, 0.1) is 0 Å². The molecule has 0 spiro atoms. The molecule has 0 aromatic rings. The van der Waals surface area contributed by atoms with E-state index in [-0.39, 0.29) is 0 Å². The zero-order valence-corrected chi connectivity index (χ0v) is 8.38. The minimum atomic E-state index is -0.819. The normalized spacial score (nSPS) is 27.6. The van der Waals surface area contributed by atoms with E-state index in [1.165, 1.54) is 4.91 Å². The van der Waals surface area contributed by atoms with E-state index >= 15 is 0 Å². The summed E-state index contributed by atoms with van der Waals surface area (Å²) in [5, 5.41) is 2.14. The molecule has 0 unspecified atom stereocenters. The lowest BCUT2D eigenvalue weighted by Crippen LogP contribution is -1.68. The Labute approximate surface area is 65.8 Å². The SMILES string of the molecule is CC1=CC=CS1(Br)Br. The fraction of sp³-hybridized carbons (Fsp3) is 0.200. The Hall–Kier alpha value is 0.790. The average Bonchev–Trinajstić information content (AvgIpc) is 1.86. The van der Waals surface area contributed by atoms with Gasteiger partial charge in [-0.1, -0.05) is 19.0 Å². The zero-order valence-electron chi connectivity index (χ0n) is 4.40. The van der Waals surface area contributed by atoms with Crippen LogP contribution in [0.15, 0.2) is 22.5 Å². The first-order chi connectivity index (χ1) is 3.63. The summed E-state index contributed by atoms with van der Waals surface area (Å²) in [5.41, 5.74) is 0. The average molecular weight is 258 g/mol. The molecule has 0 aliphatic carbocycles. The minimum Gasteiger partial charge on any atom is -0.0806 e. The van der Waals surface area contributed by atoms with Crippen molar-refractivity contribution in [2.24, 2.45) is 0 Å². The van der Waals surface area contributed by atoms with Gasteiger partial charge in [0.25, 0.3) is 0 Å². The van der Waals surface area contributed by atoms with Crippen molar-refractivity contribution in [1.82, 2.24) is 0 Å². The van der Waals surface area contributed by atoms with Gasteiger partial charge in [0.1, 0.15) is 0 Å². The Kier molecular flexibility index (Phi) is 1.89. The van der Waals surface area contributed by atoms with Gasteiger partial charge in [-0.25, -0.2) is 0 Å². The standard InChI is InChI=1S/C5H6Br2S/c1-5-3-2-4-8(5,6)7/h2-4H,1H3. The molecule has 0 bridgehead atoms. The molecule has 0 aromatic carbocycles. The minimum absolute atomic E-state index is 0.819. The van der Waals surface area contributed by atoms with E-state index in [9.17, 15) is 0 Å². The first-order valence-corrected chi connectivity index (χ1v) is 7.59. The van der Waals surface area contributed by atoms with Crippen LogP contribution in [0, 0.1) is 0 Å². The summed E-state index contributed by atoms with van der Waals surface area (Å²) in [5.74, 6) is 0. The predicted molar refractivity (Wildman–Crippen MR) is 48.3 cm³/mol. The number of hydrogen-bond acceptors (Lipinski definition) is 0. The molecule has 0 amide bonds. The molecule has 0 radical (unpaired) electrons. The molecule has 0 saturated heterocycles. The monoisotopic (exact) mass is 256 g/mol. The molecule has 3 heteroatoms. The molecule has 0 fully saturated rings. The Morgan fingerprint density at radius 2 is 2.12 bits per heavy atom. The fourth-order valence-corrected chi connectivity index (χ4v) is 2.62. The molecule has 1 rings (SSSR count). The van der Waals surface area contributed by atoms with Gasteiger partial charge in [-0.2, -0.15) is 0 Å². The van der Waals surface area contributed by atoms with Crippen LogP contribution >= 0.6 is 36.5 Å². The molecule has 46 valence electrons. The second-order valence-corrected chi connectivity index (χ2v) is 12.3. The highest BCUT2D eigenvalue weighted by Crippen LogP contribution is 2.71. The van der Waals surface area contributed by atoms with Gasteiger partial charge in [0, 0.05) is 0 Å². The van der Waals surface area contributed by atoms with Gasteiger partial charge >= 0.3 is 0 Å². The third-order valence-corrected chi connectivity index (χ3v) is 6.86. The van der Waals surface area contributed by atoms with Crippen molar-refractivity contribution in [2.75, 3.05) is 0 Å². The summed E-state index contributed by atoms with van der Waals surface area (Å²) in [4.78, 5) is 1.37. The predicted octanol–water partition coefficient (Wildman–Crippen LogP) is 3.84.